The molecule has 6 nitrogen and oxygen atoms in total. The lowest BCUT2D eigenvalue weighted by atomic mass is 10.1. The van der Waals surface area contributed by atoms with Gasteiger partial charge in [0.1, 0.15) is 0 Å². The molecule has 1 aromatic carbocycles. The number of aryl methyl sites for hydroxylation is 1. The number of likely N-dealkylation sites (tertiary alicyclic amines) is 1. The van der Waals surface area contributed by atoms with Crippen LogP contribution in [-0.2, 0) is 4.79 Å². The van der Waals surface area contributed by atoms with Crippen LogP contribution in [0.25, 0.3) is 11.5 Å². The normalized spacial score (nSPS) is 20.2. The topological polar surface area (TPSA) is 85.3 Å². The molecule has 1 aliphatic rings. The predicted molar refractivity (Wildman–Crippen MR) is 81.8 cm³/mol. The standard InChI is InChI=1S/C16H20N4O2/c1-10-3-5-12(6-4-10)16-19-18-15(22-16)11(2)20-8-7-13(9-20)14(17)21/h3-6,11,13H,7-9H2,1-2H3,(H2,17,21). The molecule has 1 aliphatic heterocycles. The van der Waals surface area contributed by atoms with E-state index in [4.69, 9.17) is 10.2 Å². The summed E-state index contributed by atoms with van der Waals surface area (Å²) in [7, 11) is 0. The van der Waals surface area contributed by atoms with Gasteiger partial charge in [0.05, 0.1) is 12.0 Å². The Morgan fingerprint density at radius 1 is 1.36 bits per heavy atom. The summed E-state index contributed by atoms with van der Waals surface area (Å²) < 4.78 is 5.80. The monoisotopic (exact) mass is 300 g/mol. The molecule has 6 heteroatoms. The third-order valence-electron chi connectivity index (χ3n) is 4.27. The highest BCUT2D eigenvalue weighted by Crippen LogP contribution is 2.28. The molecule has 2 heterocycles. The predicted octanol–water partition coefficient (Wildman–Crippen LogP) is 1.91. The second-order valence-corrected chi connectivity index (χ2v) is 5.87. The van der Waals surface area contributed by atoms with Gasteiger partial charge in [0.2, 0.25) is 17.7 Å². The van der Waals surface area contributed by atoms with Gasteiger partial charge in [-0.25, -0.2) is 0 Å². The minimum absolute atomic E-state index is 0.0175. The van der Waals surface area contributed by atoms with Gasteiger partial charge < -0.3 is 10.2 Å². The maximum atomic E-state index is 11.3. The summed E-state index contributed by atoms with van der Waals surface area (Å²) >= 11 is 0. The molecular formula is C16H20N4O2. The summed E-state index contributed by atoms with van der Waals surface area (Å²) in [5, 5.41) is 8.28. The molecule has 0 spiro atoms. The van der Waals surface area contributed by atoms with Crippen molar-refractivity contribution in [3.8, 4) is 11.5 Å². The number of aromatic nitrogens is 2. The fourth-order valence-corrected chi connectivity index (χ4v) is 2.74. The molecule has 1 saturated heterocycles. The number of amides is 1. The van der Waals surface area contributed by atoms with Gasteiger partial charge in [0, 0.05) is 12.1 Å². The van der Waals surface area contributed by atoms with Crippen LogP contribution < -0.4 is 5.73 Å². The summed E-state index contributed by atoms with van der Waals surface area (Å²) in [4.78, 5) is 13.4. The Kier molecular flexibility index (Phi) is 3.94. The van der Waals surface area contributed by atoms with E-state index in [0.29, 0.717) is 18.3 Å². The lowest BCUT2D eigenvalue weighted by Crippen LogP contribution is -2.29. The van der Waals surface area contributed by atoms with Crippen molar-refractivity contribution in [2.75, 3.05) is 13.1 Å². The molecule has 116 valence electrons. The van der Waals surface area contributed by atoms with Crippen molar-refractivity contribution in [1.29, 1.82) is 0 Å². The molecule has 1 fully saturated rings. The second kappa shape index (κ2) is 5.88. The molecular weight excluding hydrogens is 280 g/mol. The fraction of sp³-hybridized carbons (Fsp3) is 0.438. The van der Waals surface area contributed by atoms with Gasteiger partial charge in [0.25, 0.3) is 0 Å². The number of benzene rings is 1. The fourth-order valence-electron chi connectivity index (χ4n) is 2.74. The van der Waals surface area contributed by atoms with Crippen LogP contribution in [0.3, 0.4) is 0 Å². The van der Waals surface area contributed by atoms with E-state index in [1.165, 1.54) is 5.56 Å². The Morgan fingerprint density at radius 3 is 2.73 bits per heavy atom. The summed E-state index contributed by atoms with van der Waals surface area (Å²) in [6.07, 6.45) is 0.790. The van der Waals surface area contributed by atoms with Crippen LogP contribution in [0.4, 0.5) is 0 Å². The number of rotatable bonds is 4. The highest BCUT2D eigenvalue weighted by atomic mass is 16.4. The number of nitrogens with two attached hydrogens (primary N) is 1. The minimum atomic E-state index is -0.236. The second-order valence-electron chi connectivity index (χ2n) is 5.87. The molecule has 3 rings (SSSR count). The maximum absolute atomic E-state index is 11.3. The maximum Gasteiger partial charge on any atom is 0.247 e. The third kappa shape index (κ3) is 2.87. The average Bonchev–Trinajstić information content (AvgIpc) is 3.17. The number of hydrogen-bond acceptors (Lipinski definition) is 5. The van der Waals surface area contributed by atoms with Gasteiger partial charge in [0.15, 0.2) is 0 Å². The quantitative estimate of drug-likeness (QED) is 0.932. The van der Waals surface area contributed by atoms with Gasteiger partial charge in [-0.05, 0) is 38.9 Å². The van der Waals surface area contributed by atoms with E-state index >= 15 is 0 Å². The molecule has 0 radical (unpaired) electrons. The zero-order valence-corrected chi connectivity index (χ0v) is 12.8. The Balaban J connectivity index is 1.73. The minimum Gasteiger partial charge on any atom is -0.419 e. The van der Waals surface area contributed by atoms with Crippen molar-refractivity contribution in [2.24, 2.45) is 11.7 Å². The first kappa shape index (κ1) is 14.7. The molecule has 1 aromatic heterocycles. The highest BCUT2D eigenvalue weighted by Gasteiger charge is 2.32. The summed E-state index contributed by atoms with van der Waals surface area (Å²) in [6.45, 7) is 5.51. The Labute approximate surface area is 129 Å². The SMILES string of the molecule is Cc1ccc(-c2nnc(C(C)N3CCC(C(N)=O)C3)o2)cc1. The van der Waals surface area contributed by atoms with Crippen LogP contribution in [-0.4, -0.2) is 34.1 Å². The van der Waals surface area contributed by atoms with E-state index in [9.17, 15) is 4.79 Å². The lowest BCUT2D eigenvalue weighted by molar-refractivity contribution is -0.121. The van der Waals surface area contributed by atoms with Gasteiger partial charge in [-0.2, -0.15) is 0 Å². The van der Waals surface area contributed by atoms with Crippen molar-refractivity contribution in [1.82, 2.24) is 15.1 Å². The van der Waals surface area contributed by atoms with Crippen molar-refractivity contribution in [2.45, 2.75) is 26.3 Å². The Bertz CT molecular complexity index is 665. The number of primary amides is 1. The zero-order valence-electron chi connectivity index (χ0n) is 12.8. The van der Waals surface area contributed by atoms with Crippen molar-refractivity contribution in [3.63, 3.8) is 0 Å². The first-order valence-electron chi connectivity index (χ1n) is 7.48. The van der Waals surface area contributed by atoms with E-state index in [1.807, 2.05) is 38.1 Å². The van der Waals surface area contributed by atoms with Crippen LogP contribution >= 0.6 is 0 Å². The first-order chi connectivity index (χ1) is 10.5. The lowest BCUT2D eigenvalue weighted by Gasteiger charge is -2.20. The van der Waals surface area contributed by atoms with Gasteiger partial charge in [-0.15, -0.1) is 10.2 Å². The van der Waals surface area contributed by atoms with Crippen LogP contribution in [0, 0.1) is 12.8 Å². The Morgan fingerprint density at radius 2 is 2.09 bits per heavy atom. The van der Waals surface area contributed by atoms with Crippen LogP contribution in [0.5, 0.6) is 0 Å². The first-order valence-corrected chi connectivity index (χ1v) is 7.48. The van der Waals surface area contributed by atoms with E-state index in [0.717, 1.165) is 18.5 Å². The van der Waals surface area contributed by atoms with Gasteiger partial charge in [-0.1, -0.05) is 17.7 Å². The van der Waals surface area contributed by atoms with Crippen molar-refractivity contribution in [3.05, 3.63) is 35.7 Å². The number of hydrogen-bond donors (Lipinski definition) is 1. The van der Waals surface area contributed by atoms with Crippen molar-refractivity contribution < 1.29 is 9.21 Å². The average molecular weight is 300 g/mol. The van der Waals surface area contributed by atoms with Gasteiger partial charge in [-0.3, -0.25) is 9.69 Å². The summed E-state index contributed by atoms with van der Waals surface area (Å²) in [5.74, 6) is 0.774. The largest absolute Gasteiger partial charge is 0.419 e. The molecule has 2 aromatic rings. The molecule has 0 saturated carbocycles. The number of carbonyl (C=O) groups is 1. The molecule has 0 bridgehead atoms. The molecule has 0 aliphatic carbocycles. The Hall–Kier alpha value is -2.21. The molecule has 2 unspecified atom stereocenters. The number of nitrogens with zero attached hydrogens (tertiary/aromatic N) is 3. The van der Waals surface area contributed by atoms with Gasteiger partial charge >= 0.3 is 0 Å². The summed E-state index contributed by atoms with van der Waals surface area (Å²) in [6, 6.07) is 7.95. The van der Waals surface area contributed by atoms with E-state index in [1.54, 1.807) is 0 Å². The zero-order chi connectivity index (χ0) is 15.7. The smallest absolute Gasteiger partial charge is 0.247 e. The van der Waals surface area contributed by atoms with Crippen LogP contribution in [0.1, 0.15) is 30.8 Å². The molecule has 22 heavy (non-hydrogen) atoms. The molecule has 1 amide bonds. The van der Waals surface area contributed by atoms with E-state index in [-0.39, 0.29) is 17.9 Å². The van der Waals surface area contributed by atoms with Crippen molar-refractivity contribution >= 4 is 5.91 Å². The number of carbonyl (C=O) groups excluding carboxylic acids is 1. The van der Waals surface area contributed by atoms with E-state index < -0.39 is 0 Å². The third-order valence-corrected chi connectivity index (χ3v) is 4.27. The molecule has 2 N–H and O–H groups in total. The van der Waals surface area contributed by atoms with E-state index in [2.05, 4.69) is 15.1 Å². The summed E-state index contributed by atoms with van der Waals surface area (Å²) in [5.41, 5.74) is 7.47. The van der Waals surface area contributed by atoms with Crippen LogP contribution in [0.15, 0.2) is 28.7 Å². The molecule has 2 atom stereocenters. The highest BCUT2D eigenvalue weighted by molar-refractivity contribution is 5.77. The van der Waals surface area contributed by atoms with Crippen LogP contribution in [0.2, 0.25) is 0 Å².